The van der Waals surface area contributed by atoms with E-state index in [1.54, 1.807) is 0 Å². The molecule has 0 unspecified atom stereocenters. The smallest absolute Gasteiger partial charge is 0.228 e. The minimum Gasteiger partial charge on any atom is -0.436 e. The highest BCUT2D eigenvalue weighted by Gasteiger charge is 2.14. The normalized spacial score (nSPS) is 11.2. The van der Waals surface area contributed by atoms with Crippen LogP contribution in [0.1, 0.15) is 11.1 Å². The van der Waals surface area contributed by atoms with E-state index in [1.807, 2.05) is 37.3 Å². The average molecular weight is 337 g/mol. The van der Waals surface area contributed by atoms with Crippen molar-refractivity contribution in [2.75, 3.05) is 0 Å². The van der Waals surface area contributed by atoms with Crippen molar-refractivity contribution in [2.45, 2.75) is 13.8 Å². The largest absolute Gasteiger partial charge is 0.436 e. The maximum absolute atomic E-state index is 6.21. The third-order valence-corrected chi connectivity index (χ3v) is 4.06. The van der Waals surface area contributed by atoms with E-state index in [-0.39, 0.29) is 0 Å². The highest BCUT2D eigenvalue weighted by Crippen LogP contribution is 2.33. The van der Waals surface area contributed by atoms with E-state index in [4.69, 9.17) is 16.0 Å². The summed E-state index contributed by atoms with van der Waals surface area (Å²) >= 11 is 9.64. The van der Waals surface area contributed by atoms with E-state index >= 15 is 0 Å². The maximum atomic E-state index is 6.21. The van der Waals surface area contributed by atoms with E-state index in [2.05, 4.69) is 27.8 Å². The molecule has 96 valence electrons. The van der Waals surface area contributed by atoms with Gasteiger partial charge in [-0.15, -0.1) is 0 Å². The Balaban J connectivity index is 2.26. The molecule has 0 amide bonds. The first-order valence-electron chi connectivity index (χ1n) is 5.88. The Labute approximate surface area is 124 Å². The fourth-order valence-corrected chi connectivity index (χ4v) is 2.56. The van der Waals surface area contributed by atoms with Gasteiger partial charge in [0.2, 0.25) is 5.89 Å². The molecule has 3 aromatic rings. The Hall–Kier alpha value is -1.32. The van der Waals surface area contributed by atoms with Gasteiger partial charge in [-0.05, 0) is 49.2 Å². The van der Waals surface area contributed by atoms with Crippen molar-refractivity contribution in [1.29, 1.82) is 0 Å². The fraction of sp³-hybridized carbons (Fsp3) is 0.133. The van der Waals surface area contributed by atoms with Gasteiger partial charge in [-0.1, -0.05) is 33.6 Å². The number of rotatable bonds is 1. The molecule has 2 nitrogen and oxygen atoms in total. The van der Waals surface area contributed by atoms with Crippen LogP contribution in [0.25, 0.3) is 22.6 Å². The highest BCUT2D eigenvalue weighted by molar-refractivity contribution is 9.10. The van der Waals surface area contributed by atoms with Crippen molar-refractivity contribution in [2.24, 2.45) is 0 Å². The van der Waals surface area contributed by atoms with Gasteiger partial charge < -0.3 is 4.42 Å². The van der Waals surface area contributed by atoms with Gasteiger partial charge in [-0.25, -0.2) is 4.98 Å². The summed E-state index contributed by atoms with van der Waals surface area (Å²) in [4.78, 5) is 4.51. The Morgan fingerprint density at radius 1 is 1.16 bits per heavy atom. The van der Waals surface area contributed by atoms with Crippen LogP contribution in [0, 0.1) is 13.8 Å². The molecule has 4 heteroatoms. The summed E-state index contributed by atoms with van der Waals surface area (Å²) in [7, 11) is 0. The molecular formula is C15H11BrClNO. The second-order valence-electron chi connectivity index (χ2n) is 4.50. The molecule has 0 aliphatic carbocycles. The van der Waals surface area contributed by atoms with E-state index in [0.717, 1.165) is 26.7 Å². The second kappa shape index (κ2) is 4.66. The molecular weight excluding hydrogens is 326 g/mol. The molecule has 0 bridgehead atoms. The van der Waals surface area contributed by atoms with E-state index in [1.165, 1.54) is 5.56 Å². The summed E-state index contributed by atoms with van der Waals surface area (Å²) in [5, 5.41) is 0.629. The maximum Gasteiger partial charge on any atom is 0.228 e. The zero-order valence-electron chi connectivity index (χ0n) is 10.5. The molecule has 1 heterocycles. The molecule has 0 atom stereocenters. The molecule has 0 radical (unpaired) electrons. The SMILES string of the molecule is Cc1ccc2nc(-c3cc(Br)ccc3Cl)oc2c1C. The quantitative estimate of drug-likeness (QED) is 0.584. The number of aromatic nitrogens is 1. The van der Waals surface area contributed by atoms with Gasteiger partial charge in [0.05, 0.1) is 10.6 Å². The van der Waals surface area contributed by atoms with Crippen LogP contribution in [0.2, 0.25) is 5.02 Å². The molecule has 0 spiro atoms. The van der Waals surface area contributed by atoms with Gasteiger partial charge in [0.25, 0.3) is 0 Å². The number of fused-ring (bicyclic) bond motifs is 1. The van der Waals surface area contributed by atoms with E-state index in [0.29, 0.717) is 10.9 Å². The van der Waals surface area contributed by atoms with Crippen molar-refractivity contribution < 1.29 is 4.42 Å². The first-order valence-corrected chi connectivity index (χ1v) is 7.05. The second-order valence-corrected chi connectivity index (χ2v) is 5.82. The lowest BCUT2D eigenvalue weighted by Gasteiger charge is -2.00. The minimum absolute atomic E-state index is 0.551. The standard InChI is InChI=1S/C15H11BrClNO/c1-8-3-6-13-14(9(8)2)19-15(18-13)11-7-10(16)4-5-12(11)17/h3-7H,1-2H3. The third kappa shape index (κ3) is 2.17. The van der Waals surface area contributed by atoms with Gasteiger partial charge in [0, 0.05) is 4.47 Å². The Morgan fingerprint density at radius 2 is 1.95 bits per heavy atom. The summed E-state index contributed by atoms with van der Waals surface area (Å²) in [6.45, 7) is 4.10. The molecule has 3 rings (SSSR count). The molecule has 0 N–H and O–H groups in total. The predicted molar refractivity (Wildman–Crippen MR) is 81.6 cm³/mol. The topological polar surface area (TPSA) is 26.0 Å². The van der Waals surface area contributed by atoms with E-state index in [9.17, 15) is 0 Å². The number of oxazole rings is 1. The van der Waals surface area contributed by atoms with Gasteiger partial charge in [-0.2, -0.15) is 0 Å². The summed E-state index contributed by atoms with van der Waals surface area (Å²) in [5.41, 5.74) is 4.78. The molecule has 0 fully saturated rings. The molecule has 0 aliphatic heterocycles. The highest BCUT2D eigenvalue weighted by atomic mass is 79.9. The minimum atomic E-state index is 0.551. The molecule has 19 heavy (non-hydrogen) atoms. The molecule has 0 saturated carbocycles. The Morgan fingerprint density at radius 3 is 2.74 bits per heavy atom. The Bertz CT molecular complexity index is 779. The predicted octanol–water partition coefficient (Wildman–Crippen LogP) is 5.53. The van der Waals surface area contributed by atoms with Crippen LogP contribution < -0.4 is 0 Å². The zero-order chi connectivity index (χ0) is 13.6. The molecule has 1 aromatic heterocycles. The van der Waals surface area contributed by atoms with Gasteiger partial charge in [0.15, 0.2) is 5.58 Å². The van der Waals surface area contributed by atoms with E-state index < -0.39 is 0 Å². The van der Waals surface area contributed by atoms with Crippen LogP contribution in [0.5, 0.6) is 0 Å². The summed E-state index contributed by atoms with van der Waals surface area (Å²) < 4.78 is 6.83. The van der Waals surface area contributed by atoms with Crippen molar-refractivity contribution in [3.05, 3.63) is 51.0 Å². The van der Waals surface area contributed by atoms with Crippen LogP contribution in [-0.4, -0.2) is 4.98 Å². The Kier molecular flexibility index (Phi) is 3.11. The number of benzene rings is 2. The first-order chi connectivity index (χ1) is 9.06. The van der Waals surface area contributed by atoms with Crippen LogP contribution in [0.3, 0.4) is 0 Å². The third-order valence-electron chi connectivity index (χ3n) is 3.24. The summed E-state index contributed by atoms with van der Waals surface area (Å²) in [6.07, 6.45) is 0. The molecule has 2 aromatic carbocycles. The van der Waals surface area contributed by atoms with Crippen LogP contribution in [0.4, 0.5) is 0 Å². The molecule has 0 aliphatic rings. The van der Waals surface area contributed by atoms with Crippen LogP contribution in [-0.2, 0) is 0 Å². The number of hydrogen-bond acceptors (Lipinski definition) is 2. The lowest BCUT2D eigenvalue weighted by atomic mass is 10.1. The van der Waals surface area contributed by atoms with Gasteiger partial charge >= 0.3 is 0 Å². The summed E-state index contributed by atoms with van der Waals surface area (Å²) in [6, 6.07) is 9.65. The molecule has 0 saturated heterocycles. The lowest BCUT2D eigenvalue weighted by molar-refractivity contribution is 0.617. The zero-order valence-corrected chi connectivity index (χ0v) is 12.8. The monoisotopic (exact) mass is 335 g/mol. The number of nitrogens with zero attached hydrogens (tertiary/aromatic N) is 1. The number of halogens is 2. The van der Waals surface area contributed by atoms with Crippen molar-refractivity contribution in [3.63, 3.8) is 0 Å². The number of aryl methyl sites for hydroxylation is 2. The van der Waals surface area contributed by atoms with Crippen LogP contribution >= 0.6 is 27.5 Å². The number of hydrogen-bond donors (Lipinski definition) is 0. The van der Waals surface area contributed by atoms with Gasteiger partial charge in [-0.3, -0.25) is 0 Å². The van der Waals surface area contributed by atoms with Gasteiger partial charge in [0.1, 0.15) is 5.52 Å². The lowest BCUT2D eigenvalue weighted by Crippen LogP contribution is -1.80. The first kappa shape index (κ1) is 12.7. The van der Waals surface area contributed by atoms with Crippen molar-refractivity contribution in [1.82, 2.24) is 4.98 Å². The van der Waals surface area contributed by atoms with Crippen molar-refractivity contribution in [3.8, 4) is 11.5 Å². The fourth-order valence-electron chi connectivity index (χ4n) is 2.00. The average Bonchev–Trinajstić information content (AvgIpc) is 2.81. The van der Waals surface area contributed by atoms with Crippen molar-refractivity contribution >= 4 is 38.6 Å². The van der Waals surface area contributed by atoms with Crippen LogP contribution in [0.15, 0.2) is 39.2 Å². The summed E-state index contributed by atoms with van der Waals surface area (Å²) in [5.74, 6) is 0.551.